The summed E-state index contributed by atoms with van der Waals surface area (Å²) in [7, 11) is 0. The van der Waals surface area contributed by atoms with Crippen molar-refractivity contribution in [2.24, 2.45) is 0 Å². The first kappa shape index (κ1) is 16.0. The minimum Gasteiger partial charge on any atom is -0.489 e. The third-order valence-electron chi connectivity index (χ3n) is 2.52. The smallest absolute Gasteiger partial charge is 0.308 e. The molecular formula is C15H20O5. The molecule has 0 heterocycles. The zero-order chi connectivity index (χ0) is 15.3. The minimum atomic E-state index is -0.360. The standard InChI is InChI=1S/C15H20O5/c1-9-6-14(20-13(5)17)7-10(2)15(9)18-8-11(3)19-12(4)16/h6-7,11H,8H2,1-5H3. The summed E-state index contributed by atoms with van der Waals surface area (Å²) in [6.07, 6.45) is -0.320. The van der Waals surface area contributed by atoms with Crippen LogP contribution in [0.3, 0.4) is 0 Å². The summed E-state index contributed by atoms with van der Waals surface area (Å²) in [5, 5.41) is 0. The molecule has 1 aromatic rings. The first-order valence-electron chi connectivity index (χ1n) is 6.39. The van der Waals surface area contributed by atoms with Gasteiger partial charge in [-0.25, -0.2) is 0 Å². The first-order valence-corrected chi connectivity index (χ1v) is 6.39. The lowest BCUT2D eigenvalue weighted by atomic mass is 10.1. The second-order valence-corrected chi connectivity index (χ2v) is 4.71. The van der Waals surface area contributed by atoms with Gasteiger partial charge < -0.3 is 14.2 Å². The van der Waals surface area contributed by atoms with E-state index in [0.717, 1.165) is 11.1 Å². The fourth-order valence-electron chi connectivity index (χ4n) is 1.88. The van der Waals surface area contributed by atoms with Crippen LogP contribution in [-0.4, -0.2) is 24.6 Å². The van der Waals surface area contributed by atoms with Gasteiger partial charge in [0, 0.05) is 13.8 Å². The van der Waals surface area contributed by atoms with E-state index in [0.29, 0.717) is 11.5 Å². The maximum atomic E-state index is 10.9. The molecule has 5 heteroatoms. The van der Waals surface area contributed by atoms with Crippen LogP contribution in [0.5, 0.6) is 11.5 Å². The monoisotopic (exact) mass is 280 g/mol. The molecule has 0 bridgehead atoms. The topological polar surface area (TPSA) is 61.8 Å². The largest absolute Gasteiger partial charge is 0.489 e. The van der Waals surface area contributed by atoms with Crippen molar-refractivity contribution in [1.29, 1.82) is 0 Å². The molecule has 5 nitrogen and oxygen atoms in total. The number of benzene rings is 1. The third kappa shape index (κ3) is 4.91. The van der Waals surface area contributed by atoms with Crippen molar-refractivity contribution >= 4 is 11.9 Å². The maximum Gasteiger partial charge on any atom is 0.308 e. The highest BCUT2D eigenvalue weighted by molar-refractivity contribution is 5.69. The van der Waals surface area contributed by atoms with Crippen molar-refractivity contribution in [3.8, 4) is 11.5 Å². The minimum absolute atomic E-state index is 0.272. The van der Waals surface area contributed by atoms with Crippen LogP contribution in [0.1, 0.15) is 31.9 Å². The highest BCUT2D eigenvalue weighted by Gasteiger charge is 2.11. The van der Waals surface area contributed by atoms with Crippen LogP contribution in [0.2, 0.25) is 0 Å². The van der Waals surface area contributed by atoms with Gasteiger partial charge in [-0.3, -0.25) is 9.59 Å². The van der Waals surface area contributed by atoms with Crippen molar-refractivity contribution in [3.05, 3.63) is 23.3 Å². The predicted molar refractivity (Wildman–Crippen MR) is 73.9 cm³/mol. The summed E-state index contributed by atoms with van der Waals surface area (Å²) < 4.78 is 15.7. The quantitative estimate of drug-likeness (QED) is 0.612. The van der Waals surface area contributed by atoms with E-state index in [2.05, 4.69) is 0 Å². The van der Waals surface area contributed by atoms with E-state index < -0.39 is 0 Å². The summed E-state index contributed by atoms with van der Waals surface area (Å²) in [4.78, 5) is 21.8. The SMILES string of the molecule is CC(=O)Oc1cc(C)c(OCC(C)OC(C)=O)c(C)c1. The highest BCUT2D eigenvalue weighted by Crippen LogP contribution is 2.28. The predicted octanol–water partition coefficient (Wildman–Crippen LogP) is 2.56. The van der Waals surface area contributed by atoms with Crippen LogP contribution in [0, 0.1) is 13.8 Å². The number of carbonyl (C=O) groups excluding carboxylic acids is 2. The molecule has 1 unspecified atom stereocenters. The van der Waals surface area contributed by atoms with Crippen LogP contribution in [0.15, 0.2) is 12.1 Å². The number of carbonyl (C=O) groups is 2. The van der Waals surface area contributed by atoms with Gasteiger partial charge in [0.15, 0.2) is 0 Å². The van der Waals surface area contributed by atoms with E-state index in [1.807, 2.05) is 13.8 Å². The van der Waals surface area contributed by atoms with Crippen molar-refractivity contribution in [2.75, 3.05) is 6.61 Å². The molecule has 0 amide bonds. The molecule has 0 saturated heterocycles. The highest BCUT2D eigenvalue weighted by atomic mass is 16.6. The van der Waals surface area contributed by atoms with Gasteiger partial charge in [-0.2, -0.15) is 0 Å². The number of esters is 2. The second kappa shape index (κ2) is 6.93. The number of hydrogen-bond donors (Lipinski definition) is 0. The van der Waals surface area contributed by atoms with Crippen molar-refractivity contribution in [1.82, 2.24) is 0 Å². The Morgan fingerprint density at radius 1 is 1.10 bits per heavy atom. The Labute approximate surface area is 118 Å². The second-order valence-electron chi connectivity index (χ2n) is 4.71. The lowest BCUT2D eigenvalue weighted by Crippen LogP contribution is -2.21. The van der Waals surface area contributed by atoms with Crippen LogP contribution < -0.4 is 9.47 Å². The molecule has 0 aliphatic heterocycles. The van der Waals surface area contributed by atoms with Crippen LogP contribution >= 0.6 is 0 Å². The zero-order valence-electron chi connectivity index (χ0n) is 12.5. The number of rotatable bonds is 5. The lowest BCUT2D eigenvalue weighted by Gasteiger charge is -2.17. The number of aryl methyl sites for hydroxylation is 2. The van der Waals surface area contributed by atoms with Gasteiger partial charge in [-0.15, -0.1) is 0 Å². The Balaban J connectivity index is 2.76. The zero-order valence-corrected chi connectivity index (χ0v) is 12.5. The molecule has 0 aromatic heterocycles. The fourth-order valence-corrected chi connectivity index (χ4v) is 1.88. The molecule has 1 rings (SSSR count). The van der Waals surface area contributed by atoms with Crippen molar-refractivity contribution < 1.29 is 23.8 Å². The molecule has 0 aliphatic carbocycles. The summed E-state index contributed by atoms with van der Waals surface area (Å²) in [6.45, 7) is 8.49. The molecule has 0 spiro atoms. The Kier molecular flexibility index (Phi) is 5.55. The van der Waals surface area contributed by atoms with E-state index in [9.17, 15) is 9.59 Å². The Morgan fingerprint density at radius 2 is 1.65 bits per heavy atom. The fraction of sp³-hybridized carbons (Fsp3) is 0.467. The lowest BCUT2D eigenvalue weighted by molar-refractivity contribution is -0.146. The van der Waals surface area contributed by atoms with Gasteiger partial charge in [0.1, 0.15) is 24.2 Å². The molecule has 1 aromatic carbocycles. The summed E-state index contributed by atoms with van der Waals surface area (Å²) >= 11 is 0. The van der Waals surface area contributed by atoms with Gasteiger partial charge in [-0.05, 0) is 44.0 Å². The molecule has 1 atom stereocenters. The van der Waals surface area contributed by atoms with Gasteiger partial charge in [0.05, 0.1) is 0 Å². The molecule has 0 aliphatic rings. The first-order chi connectivity index (χ1) is 9.29. The van der Waals surface area contributed by atoms with Crippen molar-refractivity contribution in [3.63, 3.8) is 0 Å². The Bertz CT molecular complexity index is 484. The molecule has 0 N–H and O–H groups in total. The van der Waals surface area contributed by atoms with Gasteiger partial charge in [-0.1, -0.05) is 0 Å². The van der Waals surface area contributed by atoms with Crippen molar-refractivity contribution in [2.45, 2.75) is 40.7 Å². The summed E-state index contributed by atoms with van der Waals surface area (Å²) in [6, 6.07) is 3.47. The van der Waals surface area contributed by atoms with Crippen LogP contribution in [-0.2, 0) is 14.3 Å². The van der Waals surface area contributed by atoms with Crippen LogP contribution in [0.25, 0.3) is 0 Å². The average molecular weight is 280 g/mol. The molecular weight excluding hydrogens is 260 g/mol. The molecule has 20 heavy (non-hydrogen) atoms. The van der Waals surface area contributed by atoms with E-state index in [1.54, 1.807) is 19.1 Å². The number of ether oxygens (including phenoxy) is 3. The normalized spacial score (nSPS) is 11.7. The van der Waals surface area contributed by atoms with Gasteiger partial charge in [0.25, 0.3) is 0 Å². The van der Waals surface area contributed by atoms with E-state index in [1.165, 1.54) is 13.8 Å². The maximum absolute atomic E-state index is 10.9. The van der Waals surface area contributed by atoms with E-state index >= 15 is 0 Å². The third-order valence-corrected chi connectivity index (χ3v) is 2.52. The summed E-state index contributed by atoms with van der Waals surface area (Å²) in [5.41, 5.74) is 1.72. The molecule has 0 radical (unpaired) electrons. The van der Waals surface area contributed by atoms with E-state index in [-0.39, 0.29) is 24.6 Å². The molecule has 0 fully saturated rings. The number of hydrogen-bond acceptors (Lipinski definition) is 5. The van der Waals surface area contributed by atoms with E-state index in [4.69, 9.17) is 14.2 Å². The Morgan fingerprint density at radius 3 is 2.10 bits per heavy atom. The van der Waals surface area contributed by atoms with Crippen LogP contribution in [0.4, 0.5) is 0 Å². The summed E-state index contributed by atoms with van der Waals surface area (Å²) in [5.74, 6) is 0.508. The van der Waals surface area contributed by atoms with Gasteiger partial charge >= 0.3 is 11.9 Å². The Hall–Kier alpha value is -2.04. The molecule has 110 valence electrons. The average Bonchev–Trinajstić information content (AvgIpc) is 2.25. The van der Waals surface area contributed by atoms with Gasteiger partial charge in [0.2, 0.25) is 0 Å². The molecule has 0 saturated carbocycles.